The summed E-state index contributed by atoms with van der Waals surface area (Å²) in [7, 11) is 0. The van der Waals surface area contributed by atoms with Gasteiger partial charge in [0.05, 0.1) is 6.42 Å². The molecule has 3 aromatic rings. The Bertz CT molecular complexity index is 1670. The highest BCUT2D eigenvalue weighted by Gasteiger charge is 2.30. The molecule has 1 unspecified atom stereocenters. The van der Waals surface area contributed by atoms with Gasteiger partial charge in [0.2, 0.25) is 0 Å². The maximum absolute atomic E-state index is 12.3. The first kappa shape index (κ1) is 54.9. The summed E-state index contributed by atoms with van der Waals surface area (Å²) >= 11 is 11.6. The van der Waals surface area contributed by atoms with Crippen molar-refractivity contribution in [1.82, 2.24) is 14.7 Å². The zero-order chi connectivity index (χ0) is 47.7. The van der Waals surface area contributed by atoms with Gasteiger partial charge < -0.3 is 14.2 Å². The second-order valence-corrected chi connectivity index (χ2v) is 22.1. The topological polar surface area (TPSA) is 37.4 Å². The molecule has 6 nitrogen and oxygen atoms in total. The Hall–Kier alpha value is -2.69. The van der Waals surface area contributed by atoms with Gasteiger partial charge in [-0.1, -0.05) is 98.7 Å². The van der Waals surface area contributed by atoms with Crippen LogP contribution in [0.5, 0.6) is 17.2 Å². The molecule has 0 radical (unpaired) electrons. The highest BCUT2D eigenvalue weighted by molar-refractivity contribution is 6.18. The molecule has 6 rings (SSSR count). The third kappa shape index (κ3) is 21.0. The van der Waals surface area contributed by atoms with E-state index in [1.54, 1.807) is 0 Å². The lowest BCUT2D eigenvalue weighted by Gasteiger charge is -2.33. The molecule has 3 aliphatic rings. The molecule has 0 N–H and O–H groups in total. The first-order chi connectivity index (χ1) is 30.6. The molecular weight excluding hydrogens is 867 g/mol. The lowest BCUT2D eigenvalue weighted by Crippen LogP contribution is -2.42. The molecule has 0 bridgehead atoms. The number of hydrogen-bond acceptors (Lipinski definition) is 6. The molecule has 0 spiro atoms. The number of halogens is 5. The van der Waals surface area contributed by atoms with E-state index in [1.807, 2.05) is 17.0 Å². The second-order valence-electron chi connectivity index (χ2n) is 21.3. The van der Waals surface area contributed by atoms with Gasteiger partial charge in [0.1, 0.15) is 35.6 Å². The van der Waals surface area contributed by atoms with Crippen molar-refractivity contribution < 1.29 is 27.4 Å². The normalized spacial score (nSPS) is 20.5. The van der Waals surface area contributed by atoms with Gasteiger partial charge in [0, 0.05) is 37.9 Å². The minimum absolute atomic E-state index is 0.0301. The van der Waals surface area contributed by atoms with Crippen molar-refractivity contribution in [3.8, 4) is 17.2 Å². The summed E-state index contributed by atoms with van der Waals surface area (Å²) in [6.45, 7) is 27.8. The monoisotopic (exact) mass is 948 g/mol. The van der Waals surface area contributed by atoms with Crippen molar-refractivity contribution in [2.45, 2.75) is 161 Å². The van der Waals surface area contributed by atoms with E-state index < -0.39 is 12.6 Å². The highest BCUT2D eigenvalue weighted by Crippen LogP contribution is 2.29. The summed E-state index contributed by atoms with van der Waals surface area (Å²) in [5, 5.41) is 0. The van der Waals surface area contributed by atoms with E-state index in [0.717, 1.165) is 100 Å². The zero-order valence-corrected chi connectivity index (χ0v) is 42.8. The van der Waals surface area contributed by atoms with E-state index >= 15 is 0 Å². The first-order valence-corrected chi connectivity index (χ1v) is 25.4. The molecule has 3 aliphatic heterocycles. The number of rotatable bonds is 14. The smallest absolute Gasteiger partial charge is 0.390 e. The minimum atomic E-state index is -4.09. The van der Waals surface area contributed by atoms with Crippen LogP contribution in [0.1, 0.15) is 137 Å². The molecule has 366 valence electrons. The van der Waals surface area contributed by atoms with Gasteiger partial charge in [0.25, 0.3) is 0 Å². The summed E-state index contributed by atoms with van der Waals surface area (Å²) in [6, 6.07) is 25.2. The van der Waals surface area contributed by atoms with Crippen LogP contribution in [0.3, 0.4) is 0 Å². The molecular formula is C54H82Cl2F3N3O3. The lowest BCUT2D eigenvalue weighted by molar-refractivity contribution is -0.139. The van der Waals surface area contributed by atoms with E-state index in [1.165, 1.54) is 42.6 Å². The van der Waals surface area contributed by atoms with Crippen LogP contribution in [0.25, 0.3) is 0 Å². The molecule has 3 saturated heterocycles. The maximum Gasteiger partial charge on any atom is 0.390 e. The molecule has 0 aliphatic carbocycles. The van der Waals surface area contributed by atoms with Crippen LogP contribution >= 0.6 is 23.2 Å². The predicted molar refractivity (Wildman–Crippen MR) is 267 cm³/mol. The molecule has 0 aromatic heterocycles. The van der Waals surface area contributed by atoms with Gasteiger partial charge in [-0.15, -0.1) is 23.2 Å². The molecule has 11 heteroatoms. The average molecular weight is 949 g/mol. The largest absolute Gasteiger partial charge is 0.489 e. The average Bonchev–Trinajstić information content (AvgIpc) is 3.24. The standard InChI is InChI=1S/2C18H28ClNO.C18H26F3NO/c2*1-18(2,3)15-7-9-16(10-8-15)21-17-6-4-12-20(14-17)13-5-11-19;1-17(2,3)14-6-8-15(9-7-14)23-16-5-4-11-22(13-16)12-10-18(19,20)21/h2*7-10,17H,4-6,11-14H2,1-3H3;6-9,16H,4-5,10-13H2,1-3H3/t17-;;16-/m0.1/s1. The Morgan fingerprint density at radius 2 is 0.738 bits per heavy atom. The number of nitrogens with zero attached hydrogens (tertiary/aromatic N) is 3. The molecule has 65 heavy (non-hydrogen) atoms. The van der Waals surface area contributed by atoms with Crippen molar-refractivity contribution in [2.24, 2.45) is 0 Å². The van der Waals surface area contributed by atoms with E-state index in [0.29, 0.717) is 18.8 Å². The Morgan fingerprint density at radius 1 is 0.462 bits per heavy atom. The van der Waals surface area contributed by atoms with Gasteiger partial charge in [-0.2, -0.15) is 13.2 Å². The molecule has 0 amide bonds. The fourth-order valence-electron chi connectivity index (χ4n) is 8.47. The van der Waals surface area contributed by atoms with Crippen LogP contribution in [-0.2, 0) is 16.2 Å². The Balaban J connectivity index is 0.000000214. The van der Waals surface area contributed by atoms with E-state index in [9.17, 15) is 13.2 Å². The fourth-order valence-corrected chi connectivity index (χ4v) is 8.71. The van der Waals surface area contributed by atoms with E-state index in [2.05, 4.69) is 133 Å². The Kier molecular flexibility index (Phi) is 22.1. The third-order valence-corrected chi connectivity index (χ3v) is 12.9. The summed E-state index contributed by atoms with van der Waals surface area (Å²) in [4.78, 5) is 6.80. The highest BCUT2D eigenvalue weighted by atomic mass is 35.5. The van der Waals surface area contributed by atoms with Crippen molar-refractivity contribution in [1.29, 1.82) is 0 Å². The van der Waals surface area contributed by atoms with Crippen LogP contribution < -0.4 is 14.2 Å². The summed E-state index contributed by atoms with van der Waals surface area (Å²) in [5.74, 6) is 4.27. The molecule has 0 saturated carbocycles. The second kappa shape index (κ2) is 26.2. The summed E-state index contributed by atoms with van der Waals surface area (Å²) < 4.78 is 55.3. The van der Waals surface area contributed by atoms with Crippen molar-refractivity contribution in [3.63, 3.8) is 0 Å². The number of hydrogen-bond donors (Lipinski definition) is 0. The van der Waals surface area contributed by atoms with Crippen molar-refractivity contribution in [2.75, 3.05) is 70.7 Å². The molecule has 3 heterocycles. The third-order valence-electron chi connectivity index (χ3n) is 12.4. The zero-order valence-electron chi connectivity index (χ0n) is 41.3. The number of alkyl halides is 5. The summed E-state index contributed by atoms with van der Waals surface area (Å²) in [5.41, 5.74) is 4.42. The van der Waals surface area contributed by atoms with Gasteiger partial charge >= 0.3 is 6.18 Å². The van der Waals surface area contributed by atoms with Crippen LogP contribution in [0.15, 0.2) is 72.8 Å². The lowest BCUT2D eigenvalue weighted by atomic mass is 9.87. The van der Waals surface area contributed by atoms with Crippen molar-refractivity contribution >= 4 is 23.2 Å². The molecule has 3 aromatic carbocycles. The van der Waals surface area contributed by atoms with Crippen LogP contribution in [0.4, 0.5) is 13.2 Å². The Morgan fingerprint density at radius 3 is 0.985 bits per heavy atom. The number of ether oxygens (including phenoxy) is 3. The number of piperidine rings is 3. The Labute approximate surface area is 401 Å². The van der Waals surface area contributed by atoms with E-state index in [-0.39, 0.29) is 28.9 Å². The van der Waals surface area contributed by atoms with Crippen molar-refractivity contribution in [3.05, 3.63) is 89.5 Å². The number of benzene rings is 3. The maximum atomic E-state index is 12.3. The van der Waals surface area contributed by atoms with E-state index in [4.69, 9.17) is 37.4 Å². The van der Waals surface area contributed by atoms with Gasteiger partial charge in [0.15, 0.2) is 0 Å². The summed E-state index contributed by atoms with van der Waals surface area (Å²) in [6.07, 6.45) is 4.39. The number of likely N-dealkylation sites (tertiary alicyclic amines) is 3. The van der Waals surface area contributed by atoms with Gasteiger partial charge in [-0.25, -0.2) is 0 Å². The molecule has 3 fully saturated rings. The van der Waals surface area contributed by atoms with Crippen LogP contribution in [-0.4, -0.2) is 110 Å². The van der Waals surface area contributed by atoms with Gasteiger partial charge in [-0.05, 0) is 153 Å². The van der Waals surface area contributed by atoms with Crippen LogP contribution in [0.2, 0.25) is 0 Å². The SMILES string of the molecule is CC(C)(C)c1ccc(OC2CCCN(CCCCl)C2)cc1.CC(C)(C)c1ccc(O[C@@H]2CCCN(CCC(F)(F)F)C2)cc1.CC(C)(C)c1ccc(O[C@H]2CCCN(CCCCl)C2)cc1. The fraction of sp³-hybridized carbons (Fsp3) is 0.667. The quantitative estimate of drug-likeness (QED) is 0.150. The predicted octanol–water partition coefficient (Wildman–Crippen LogP) is 13.7. The van der Waals surface area contributed by atoms with Crippen LogP contribution in [0, 0.1) is 0 Å². The van der Waals surface area contributed by atoms with Gasteiger partial charge in [-0.3, -0.25) is 14.7 Å². The first-order valence-electron chi connectivity index (χ1n) is 24.3. The minimum Gasteiger partial charge on any atom is -0.489 e. The molecule has 3 atom stereocenters.